The molecular formula is C17H18N4O3. The number of amides is 1. The fraction of sp³-hybridized carbons (Fsp3) is 0.235. The van der Waals surface area contributed by atoms with Crippen LogP contribution < -0.4 is 4.90 Å². The molecule has 1 amide bonds. The third-order valence-electron chi connectivity index (χ3n) is 3.75. The molecule has 24 heavy (non-hydrogen) atoms. The first-order valence-electron chi connectivity index (χ1n) is 7.51. The van der Waals surface area contributed by atoms with Crippen molar-refractivity contribution < 1.29 is 14.6 Å². The number of benzene rings is 1. The average molecular weight is 326 g/mol. The van der Waals surface area contributed by atoms with Crippen molar-refractivity contribution in [1.29, 1.82) is 0 Å². The predicted molar refractivity (Wildman–Crippen MR) is 90.8 cm³/mol. The summed E-state index contributed by atoms with van der Waals surface area (Å²) in [5.74, 6) is 0.373. The van der Waals surface area contributed by atoms with Gasteiger partial charge in [0.1, 0.15) is 0 Å². The molecule has 0 saturated heterocycles. The van der Waals surface area contributed by atoms with Crippen LogP contribution in [-0.4, -0.2) is 46.2 Å². The minimum Gasteiger partial charge on any atom is -0.465 e. The largest absolute Gasteiger partial charge is 0.465 e. The van der Waals surface area contributed by atoms with E-state index in [0.29, 0.717) is 5.82 Å². The third-order valence-corrected chi connectivity index (χ3v) is 3.75. The number of aryl methyl sites for hydroxylation is 1. The lowest BCUT2D eigenvalue weighted by atomic mass is 10.2. The van der Waals surface area contributed by atoms with Crippen LogP contribution in [0.25, 0.3) is 16.6 Å². The first-order valence-corrected chi connectivity index (χ1v) is 7.51. The van der Waals surface area contributed by atoms with Crippen LogP contribution in [0, 0.1) is 6.92 Å². The van der Waals surface area contributed by atoms with Gasteiger partial charge in [0.25, 0.3) is 0 Å². The van der Waals surface area contributed by atoms with Gasteiger partial charge in [-0.25, -0.2) is 9.48 Å². The Morgan fingerprint density at radius 1 is 1.29 bits per heavy atom. The van der Waals surface area contributed by atoms with Gasteiger partial charge in [0.05, 0.1) is 30.6 Å². The summed E-state index contributed by atoms with van der Waals surface area (Å²) in [5, 5.41) is 14.8. The second kappa shape index (κ2) is 6.67. The molecule has 0 bridgehead atoms. The number of hydrogen-bond acceptors (Lipinski definition) is 4. The molecule has 0 spiro atoms. The first-order chi connectivity index (χ1) is 11.6. The highest BCUT2D eigenvalue weighted by Gasteiger charge is 2.22. The van der Waals surface area contributed by atoms with E-state index in [0.717, 1.165) is 22.2 Å². The first kappa shape index (κ1) is 15.9. The van der Waals surface area contributed by atoms with Crippen molar-refractivity contribution in [2.24, 2.45) is 0 Å². The Morgan fingerprint density at radius 3 is 2.71 bits per heavy atom. The van der Waals surface area contributed by atoms with Crippen LogP contribution in [0.3, 0.4) is 0 Å². The molecule has 2 heterocycles. The molecular weight excluding hydrogens is 308 g/mol. The summed E-state index contributed by atoms with van der Waals surface area (Å²) < 4.78 is 6.72. The van der Waals surface area contributed by atoms with E-state index in [1.165, 1.54) is 12.0 Å². The maximum atomic E-state index is 11.6. The molecule has 0 unspecified atom stereocenters. The molecule has 0 fully saturated rings. The molecule has 3 rings (SSSR count). The molecule has 7 heteroatoms. The summed E-state index contributed by atoms with van der Waals surface area (Å²) in [6.07, 6.45) is 2.24. The zero-order valence-corrected chi connectivity index (χ0v) is 13.5. The highest BCUT2D eigenvalue weighted by atomic mass is 16.5. The number of methoxy groups -OCH3 is 1. The van der Waals surface area contributed by atoms with Crippen molar-refractivity contribution in [2.75, 3.05) is 25.2 Å². The normalized spacial score (nSPS) is 10.9. The Hall–Kier alpha value is -2.93. The van der Waals surface area contributed by atoms with Crippen molar-refractivity contribution in [3.05, 3.63) is 48.3 Å². The van der Waals surface area contributed by atoms with Crippen LogP contribution in [0.15, 0.2) is 42.7 Å². The third kappa shape index (κ3) is 2.93. The van der Waals surface area contributed by atoms with Gasteiger partial charge in [-0.3, -0.25) is 9.88 Å². The number of aromatic nitrogens is 3. The highest BCUT2D eigenvalue weighted by molar-refractivity contribution is 5.98. The number of hydrogen-bond donors (Lipinski definition) is 1. The Bertz CT molecular complexity index is 858. The Labute approximate surface area is 139 Å². The monoisotopic (exact) mass is 326 g/mol. The average Bonchev–Trinajstić information content (AvgIpc) is 2.95. The zero-order valence-electron chi connectivity index (χ0n) is 13.5. The quantitative estimate of drug-likeness (QED) is 0.780. The van der Waals surface area contributed by atoms with Gasteiger partial charge in [-0.15, -0.1) is 5.10 Å². The summed E-state index contributed by atoms with van der Waals surface area (Å²) in [7, 11) is 1.53. The minimum atomic E-state index is -1.07. The van der Waals surface area contributed by atoms with E-state index >= 15 is 0 Å². The molecule has 0 aliphatic carbocycles. The van der Waals surface area contributed by atoms with Crippen molar-refractivity contribution in [3.8, 4) is 5.69 Å². The standard InChI is InChI=1S/C17H18N4O3/c1-12-3-5-13(6-4-12)21-15-11-18-8-7-14(15)16(19-21)20(17(22)23)9-10-24-2/h3-8,11H,9-10H2,1-2H3,(H,22,23). The Balaban J connectivity index is 2.15. The van der Waals surface area contributed by atoms with Gasteiger partial charge in [0.15, 0.2) is 5.82 Å². The van der Waals surface area contributed by atoms with Gasteiger partial charge in [-0.1, -0.05) is 17.7 Å². The summed E-state index contributed by atoms with van der Waals surface area (Å²) in [4.78, 5) is 17.0. The van der Waals surface area contributed by atoms with Gasteiger partial charge in [0, 0.05) is 18.7 Å². The molecule has 0 radical (unpaired) electrons. The Morgan fingerprint density at radius 2 is 2.04 bits per heavy atom. The molecule has 124 valence electrons. The molecule has 3 aromatic rings. The summed E-state index contributed by atoms with van der Waals surface area (Å²) in [5.41, 5.74) is 2.74. The fourth-order valence-electron chi connectivity index (χ4n) is 2.50. The lowest BCUT2D eigenvalue weighted by Crippen LogP contribution is -2.33. The second-order valence-electron chi connectivity index (χ2n) is 5.39. The van der Waals surface area contributed by atoms with E-state index < -0.39 is 6.09 Å². The van der Waals surface area contributed by atoms with Gasteiger partial charge in [0.2, 0.25) is 0 Å². The SMILES string of the molecule is COCCN(C(=O)O)c1nn(-c2ccc(C)cc2)c2cnccc12. The van der Waals surface area contributed by atoms with Crippen LogP contribution in [0.1, 0.15) is 5.56 Å². The summed E-state index contributed by atoms with van der Waals surface area (Å²) >= 11 is 0. The molecule has 1 aromatic carbocycles. The zero-order chi connectivity index (χ0) is 17.1. The number of rotatable bonds is 5. The number of ether oxygens (including phenoxy) is 1. The van der Waals surface area contributed by atoms with E-state index in [-0.39, 0.29) is 13.2 Å². The van der Waals surface area contributed by atoms with Crippen LogP contribution in [-0.2, 0) is 4.74 Å². The van der Waals surface area contributed by atoms with E-state index in [2.05, 4.69) is 10.1 Å². The van der Waals surface area contributed by atoms with Gasteiger partial charge in [-0.05, 0) is 25.1 Å². The predicted octanol–water partition coefficient (Wildman–Crippen LogP) is 2.86. The highest BCUT2D eigenvalue weighted by Crippen LogP contribution is 2.28. The number of carboxylic acid groups (broad SMARTS) is 1. The van der Waals surface area contributed by atoms with Gasteiger partial charge in [-0.2, -0.15) is 0 Å². The number of fused-ring (bicyclic) bond motifs is 1. The summed E-state index contributed by atoms with van der Waals surface area (Å²) in [6, 6.07) is 9.63. The molecule has 1 N–H and O–H groups in total. The molecule has 0 aliphatic rings. The van der Waals surface area contributed by atoms with Crippen LogP contribution in [0.4, 0.5) is 10.6 Å². The molecule has 0 aliphatic heterocycles. The fourth-order valence-corrected chi connectivity index (χ4v) is 2.50. The maximum absolute atomic E-state index is 11.6. The van der Waals surface area contributed by atoms with E-state index in [1.54, 1.807) is 23.1 Å². The number of carbonyl (C=O) groups is 1. The van der Waals surface area contributed by atoms with E-state index in [1.807, 2.05) is 31.2 Å². The second-order valence-corrected chi connectivity index (χ2v) is 5.39. The van der Waals surface area contributed by atoms with Crippen LogP contribution >= 0.6 is 0 Å². The molecule has 2 aromatic heterocycles. The molecule has 0 atom stereocenters. The number of anilines is 1. The lowest BCUT2D eigenvalue weighted by molar-refractivity contribution is 0.186. The molecule has 0 saturated carbocycles. The van der Waals surface area contributed by atoms with Crippen LogP contribution in [0.5, 0.6) is 0 Å². The maximum Gasteiger partial charge on any atom is 0.413 e. The van der Waals surface area contributed by atoms with E-state index in [9.17, 15) is 9.90 Å². The number of nitrogens with zero attached hydrogens (tertiary/aromatic N) is 4. The summed E-state index contributed by atoms with van der Waals surface area (Å²) in [6.45, 7) is 2.50. The van der Waals surface area contributed by atoms with Crippen LogP contribution in [0.2, 0.25) is 0 Å². The van der Waals surface area contributed by atoms with Crippen molar-refractivity contribution >= 4 is 22.8 Å². The lowest BCUT2D eigenvalue weighted by Gasteiger charge is -2.16. The topological polar surface area (TPSA) is 80.5 Å². The van der Waals surface area contributed by atoms with E-state index in [4.69, 9.17) is 4.74 Å². The van der Waals surface area contributed by atoms with Crippen molar-refractivity contribution in [3.63, 3.8) is 0 Å². The number of pyridine rings is 1. The van der Waals surface area contributed by atoms with Crippen molar-refractivity contribution in [1.82, 2.24) is 14.8 Å². The van der Waals surface area contributed by atoms with Gasteiger partial charge < -0.3 is 9.84 Å². The molecule has 7 nitrogen and oxygen atoms in total. The van der Waals surface area contributed by atoms with Crippen molar-refractivity contribution in [2.45, 2.75) is 6.92 Å². The smallest absolute Gasteiger partial charge is 0.413 e. The minimum absolute atomic E-state index is 0.203. The van der Waals surface area contributed by atoms with Gasteiger partial charge >= 0.3 is 6.09 Å². The Kier molecular flexibility index (Phi) is 4.43.